The number of aromatic nitrogens is 1. The molecule has 0 aliphatic rings. The highest BCUT2D eigenvalue weighted by molar-refractivity contribution is 6.34. The van der Waals surface area contributed by atoms with Crippen molar-refractivity contribution in [1.82, 2.24) is 10.3 Å². The number of halogens is 5. The fourth-order valence-corrected chi connectivity index (χ4v) is 2.52. The van der Waals surface area contributed by atoms with Crippen molar-refractivity contribution in [3.05, 3.63) is 63.4 Å². The van der Waals surface area contributed by atoms with E-state index in [0.29, 0.717) is 5.56 Å². The summed E-state index contributed by atoms with van der Waals surface area (Å²) in [5.74, 6) is -0.549. The summed E-state index contributed by atoms with van der Waals surface area (Å²) in [6, 6.07) is 7.92. The number of benzene rings is 1. The van der Waals surface area contributed by atoms with E-state index >= 15 is 0 Å². The Morgan fingerprint density at radius 1 is 1.12 bits per heavy atom. The molecule has 2 rings (SSSR count). The number of alkyl halides is 3. The third-order valence-electron chi connectivity index (χ3n) is 3.69. The molecule has 0 saturated heterocycles. The van der Waals surface area contributed by atoms with Crippen molar-refractivity contribution in [2.45, 2.75) is 25.4 Å². The Labute approximate surface area is 153 Å². The molecular weight excluding hydrogens is 376 g/mol. The Morgan fingerprint density at radius 2 is 1.76 bits per heavy atom. The largest absolute Gasteiger partial charge is 0.416 e. The van der Waals surface area contributed by atoms with Crippen molar-refractivity contribution in [2.75, 3.05) is 6.54 Å². The number of hydrogen-bond acceptors (Lipinski definition) is 2. The molecule has 25 heavy (non-hydrogen) atoms. The third kappa shape index (κ3) is 4.86. The van der Waals surface area contributed by atoms with Gasteiger partial charge in [-0.25, -0.2) is 4.98 Å². The predicted octanol–water partition coefficient (Wildman–Crippen LogP) is 5.11. The van der Waals surface area contributed by atoms with Gasteiger partial charge >= 0.3 is 6.18 Å². The number of nitrogens with one attached hydrogen (secondary N) is 1. The third-order valence-corrected chi connectivity index (χ3v) is 4.20. The second-order valence-corrected chi connectivity index (χ2v) is 6.90. The first-order chi connectivity index (χ1) is 11.5. The summed E-state index contributed by atoms with van der Waals surface area (Å²) in [6.45, 7) is 3.56. The lowest BCUT2D eigenvalue weighted by Crippen LogP contribution is -2.37. The smallest absolute Gasteiger partial charge is 0.350 e. The van der Waals surface area contributed by atoms with Crippen LogP contribution in [0.4, 0.5) is 13.2 Å². The standard InChI is InChI=1S/C17H15Cl2F3N2O/c1-16(2,10-4-3-5-11(8-10)17(20,21)22)9-23-15(25)14-12(18)6-7-13(19)24-14/h3-8H,9H2,1-2H3,(H,23,25). The van der Waals surface area contributed by atoms with Gasteiger partial charge in [0.2, 0.25) is 0 Å². The summed E-state index contributed by atoms with van der Waals surface area (Å²) >= 11 is 11.7. The number of hydrogen-bond donors (Lipinski definition) is 1. The summed E-state index contributed by atoms with van der Waals surface area (Å²) < 4.78 is 38.6. The summed E-state index contributed by atoms with van der Waals surface area (Å²) in [6.07, 6.45) is -4.42. The molecule has 0 saturated carbocycles. The second-order valence-electron chi connectivity index (χ2n) is 6.11. The number of carbonyl (C=O) groups is 1. The maximum atomic E-state index is 12.9. The molecule has 0 radical (unpaired) electrons. The number of carbonyl (C=O) groups excluding carboxylic acids is 1. The SMILES string of the molecule is CC(C)(CNC(=O)c1nc(Cl)ccc1Cl)c1cccc(C(F)(F)F)c1. The molecule has 0 bridgehead atoms. The topological polar surface area (TPSA) is 42.0 Å². The molecule has 0 aliphatic heterocycles. The fraction of sp³-hybridized carbons (Fsp3) is 0.294. The molecule has 1 aromatic heterocycles. The van der Waals surface area contributed by atoms with E-state index in [2.05, 4.69) is 10.3 Å². The van der Waals surface area contributed by atoms with Crippen LogP contribution in [-0.4, -0.2) is 17.4 Å². The number of nitrogens with zero attached hydrogens (tertiary/aromatic N) is 1. The molecule has 1 amide bonds. The van der Waals surface area contributed by atoms with Gasteiger partial charge in [-0.1, -0.05) is 55.2 Å². The first-order valence-electron chi connectivity index (χ1n) is 7.29. The zero-order chi connectivity index (χ0) is 18.8. The quantitative estimate of drug-likeness (QED) is 0.736. The van der Waals surface area contributed by atoms with E-state index in [1.54, 1.807) is 19.9 Å². The zero-order valence-corrected chi connectivity index (χ0v) is 14.9. The van der Waals surface area contributed by atoms with Gasteiger partial charge in [-0.2, -0.15) is 13.2 Å². The lowest BCUT2D eigenvalue weighted by Gasteiger charge is -2.26. The number of amides is 1. The van der Waals surface area contributed by atoms with Crippen LogP contribution < -0.4 is 5.32 Å². The van der Waals surface area contributed by atoms with Gasteiger partial charge in [0.25, 0.3) is 5.91 Å². The molecule has 0 fully saturated rings. The molecule has 2 aromatic rings. The average molecular weight is 391 g/mol. The van der Waals surface area contributed by atoms with Crippen LogP contribution in [0.2, 0.25) is 10.2 Å². The van der Waals surface area contributed by atoms with E-state index in [-0.39, 0.29) is 22.4 Å². The highest BCUT2D eigenvalue weighted by Crippen LogP contribution is 2.32. The molecule has 0 unspecified atom stereocenters. The molecule has 0 atom stereocenters. The lowest BCUT2D eigenvalue weighted by molar-refractivity contribution is -0.137. The van der Waals surface area contributed by atoms with E-state index in [1.807, 2.05) is 0 Å². The van der Waals surface area contributed by atoms with Crippen LogP contribution in [0, 0.1) is 0 Å². The Morgan fingerprint density at radius 3 is 2.40 bits per heavy atom. The zero-order valence-electron chi connectivity index (χ0n) is 13.4. The van der Waals surface area contributed by atoms with Crippen LogP contribution in [0.15, 0.2) is 36.4 Å². The van der Waals surface area contributed by atoms with Crippen molar-refractivity contribution in [1.29, 1.82) is 0 Å². The van der Waals surface area contributed by atoms with Gasteiger partial charge in [0.1, 0.15) is 10.8 Å². The van der Waals surface area contributed by atoms with Crippen molar-refractivity contribution < 1.29 is 18.0 Å². The predicted molar refractivity (Wildman–Crippen MR) is 91.1 cm³/mol. The van der Waals surface area contributed by atoms with E-state index in [9.17, 15) is 18.0 Å². The summed E-state index contributed by atoms with van der Waals surface area (Å²) in [4.78, 5) is 16.1. The molecule has 1 N–H and O–H groups in total. The van der Waals surface area contributed by atoms with Gasteiger partial charge < -0.3 is 5.32 Å². The fourth-order valence-electron chi connectivity index (χ4n) is 2.18. The maximum Gasteiger partial charge on any atom is 0.416 e. The molecule has 134 valence electrons. The monoisotopic (exact) mass is 390 g/mol. The van der Waals surface area contributed by atoms with Crippen molar-refractivity contribution in [2.24, 2.45) is 0 Å². The van der Waals surface area contributed by atoms with E-state index in [1.165, 1.54) is 18.2 Å². The van der Waals surface area contributed by atoms with Crippen LogP contribution in [0.3, 0.4) is 0 Å². The normalized spacial score (nSPS) is 12.1. The maximum absolute atomic E-state index is 12.9. The summed E-state index contributed by atoms with van der Waals surface area (Å²) in [5, 5.41) is 2.89. The highest BCUT2D eigenvalue weighted by Gasteiger charge is 2.32. The minimum atomic E-state index is -4.42. The minimum Gasteiger partial charge on any atom is -0.350 e. The Hall–Kier alpha value is -1.79. The van der Waals surface area contributed by atoms with Gasteiger partial charge in [0.15, 0.2) is 0 Å². The van der Waals surface area contributed by atoms with Crippen molar-refractivity contribution in [3.8, 4) is 0 Å². The molecule has 3 nitrogen and oxygen atoms in total. The van der Waals surface area contributed by atoms with Gasteiger partial charge in [0, 0.05) is 12.0 Å². The Bertz CT molecular complexity index is 792. The second kappa shape index (κ2) is 7.22. The van der Waals surface area contributed by atoms with Gasteiger partial charge in [-0.05, 0) is 23.8 Å². The van der Waals surface area contributed by atoms with Crippen LogP contribution >= 0.6 is 23.2 Å². The molecule has 8 heteroatoms. The van der Waals surface area contributed by atoms with E-state index < -0.39 is 23.1 Å². The molecular formula is C17H15Cl2F3N2O. The summed E-state index contributed by atoms with van der Waals surface area (Å²) in [7, 11) is 0. The molecule has 1 heterocycles. The van der Waals surface area contributed by atoms with E-state index in [0.717, 1.165) is 12.1 Å². The highest BCUT2D eigenvalue weighted by atomic mass is 35.5. The van der Waals surface area contributed by atoms with Crippen LogP contribution in [0.1, 0.15) is 35.5 Å². The number of pyridine rings is 1. The Kier molecular flexibility index (Phi) is 5.64. The van der Waals surface area contributed by atoms with Crippen molar-refractivity contribution >= 4 is 29.1 Å². The minimum absolute atomic E-state index is 0.0333. The lowest BCUT2D eigenvalue weighted by atomic mass is 9.83. The van der Waals surface area contributed by atoms with Gasteiger partial charge in [-0.15, -0.1) is 0 Å². The van der Waals surface area contributed by atoms with Crippen LogP contribution in [0.25, 0.3) is 0 Å². The Balaban J connectivity index is 2.16. The molecule has 0 aliphatic carbocycles. The van der Waals surface area contributed by atoms with Crippen LogP contribution in [-0.2, 0) is 11.6 Å². The van der Waals surface area contributed by atoms with Gasteiger partial charge in [0.05, 0.1) is 10.6 Å². The molecule has 1 aromatic carbocycles. The molecule has 0 spiro atoms. The first kappa shape index (κ1) is 19.5. The summed E-state index contributed by atoms with van der Waals surface area (Å²) in [5.41, 5.74) is -1.05. The van der Waals surface area contributed by atoms with Crippen LogP contribution in [0.5, 0.6) is 0 Å². The van der Waals surface area contributed by atoms with Gasteiger partial charge in [-0.3, -0.25) is 4.79 Å². The average Bonchev–Trinajstić information content (AvgIpc) is 2.54. The number of rotatable bonds is 4. The first-order valence-corrected chi connectivity index (χ1v) is 8.04. The van der Waals surface area contributed by atoms with Crippen molar-refractivity contribution in [3.63, 3.8) is 0 Å². The van der Waals surface area contributed by atoms with E-state index in [4.69, 9.17) is 23.2 Å².